The van der Waals surface area contributed by atoms with Crippen molar-refractivity contribution in [1.82, 2.24) is 15.0 Å². The molecule has 0 aliphatic rings. The van der Waals surface area contributed by atoms with Crippen LogP contribution < -0.4 is 10.1 Å². The molecule has 0 bridgehead atoms. The largest absolute Gasteiger partial charge is 0.484 e. The second-order valence-corrected chi connectivity index (χ2v) is 9.28. The number of anilines is 1. The van der Waals surface area contributed by atoms with Crippen molar-refractivity contribution in [2.45, 2.75) is 46.5 Å². The third-order valence-corrected chi connectivity index (χ3v) is 5.67. The van der Waals surface area contributed by atoms with E-state index >= 15 is 0 Å². The summed E-state index contributed by atoms with van der Waals surface area (Å²) in [5.74, 6) is 0.447. The van der Waals surface area contributed by atoms with Crippen molar-refractivity contribution >= 4 is 22.6 Å². The molecule has 0 aliphatic heterocycles. The second-order valence-electron chi connectivity index (χ2n) is 9.28. The Morgan fingerprint density at radius 3 is 2.21 bits per heavy atom. The Labute approximate surface area is 194 Å². The minimum absolute atomic E-state index is 0.0667. The third-order valence-electron chi connectivity index (χ3n) is 5.67. The molecule has 0 saturated carbocycles. The van der Waals surface area contributed by atoms with Crippen LogP contribution in [0.2, 0.25) is 0 Å². The molecule has 0 spiro atoms. The molecule has 6 heteroatoms. The number of fused-ring (bicyclic) bond motifs is 1. The van der Waals surface area contributed by atoms with Crippen molar-refractivity contribution < 1.29 is 9.53 Å². The van der Waals surface area contributed by atoms with Crippen molar-refractivity contribution in [3.05, 3.63) is 77.4 Å². The number of hydrogen-bond donors (Lipinski definition) is 1. The smallest absolute Gasteiger partial charge is 0.262 e. The molecule has 6 nitrogen and oxygen atoms in total. The van der Waals surface area contributed by atoms with E-state index in [1.807, 2.05) is 55.5 Å². The van der Waals surface area contributed by atoms with E-state index in [0.29, 0.717) is 17.0 Å². The lowest BCUT2D eigenvalue weighted by molar-refractivity contribution is -0.118. The zero-order valence-electron chi connectivity index (χ0n) is 19.8. The zero-order chi connectivity index (χ0) is 23.6. The molecule has 3 aromatic carbocycles. The summed E-state index contributed by atoms with van der Waals surface area (Å²) in [5, 5.41) is 12.1. The van der Waals surface area contributed by atoms with E-state index in [1.165, 1.54) is 11.1 Å². The molecular formula is C27H30N4O2. The van der Waals surface area contributed by atoms with Crippen LogP contribution in [0, 0.1) is 6.92 Å². The highest BCUT2D eigenvalue weighted by Crippen LogP contribution is 2.25. The number of amides is 1. The van der Waals surface area contributed by atoms with Gasteiger partial charge in [0.15, 0.2) is 6.61 Å². The molecule has 1 amide bonds. The van der Waals surface area contributed by atoms with Gasteiger partial charge in [-0.15, -0.1) is 10.2 Å². The Balaban J connectivity index is 1.44. The lowest BCUT2D eigenvalue weighted by Gasteiger charge is -2.19. The summed E-state index contributed by atoms with van der Waals surface area (Å²) in [6.07, 6.45) is 0.989. The van der Waals surface area contributed by atoms with Gasteiger partial charge in [0, 0.05) is 5.69 Å². The van der Waals surface area contributed by atoms with Crippen LogP contribution in [0.15, 0.2) is 60.7 Å². The lowest BCUT2D eigenvalue weighted by atomic mass is 9.87. The Morgan fingerprint density at radius 2 is 1.61 bits per heavy atom. The molecule has 0 atom stereocenters. The number of nitrogens with zero attached hydrogens (tertiary/aromatic N) is 3. The molecule has 0 saturated heterocycles. The molecule has 33 heavy (non-hydrogen) atoms. The summed E-state index contributed by atoms with van der Waals surface area (Å²) in [7, 11) is 0. The maximum absolute atomic E-state index is 12.5. The highest BCUT2D eigenvalue weighted by molar-refractivity contribution is 5.95. The Hall–Kier alpha value is -3.67. The highest BCUT2D eigenvalue weighted by atomic mass is 16.5. The molecule has 0 radical (unpaired) electrons. The van der Waals surface area contributed by atoms with Crippen LogP contribution in [0.3, 0.4) is 0 Å². The van der Waals surface area contributed by atoms with Gasteiger partial charge >= 0.3 is 0 Å². The van der Waals surface area contributed by atoms with Crippen LogP contribution in [0.4, 0.5) is 5.69 Å². The van der Waals surface area contributed by atoms with Crippen LogP contribution in [-0.2, 0) is 16.6 Å². The van der Waals surface area contributed by atoms with Crippen LogP contribution in [0.1, 0.15) is 44.4 Å². The predicted octanol–water partition coefficient (Wildman–Crippen LogP) is 5.61. The first kappa shape index (κ1) is 22.5. The van der Waals surface area contributed by atoms with Gasteiger partial charge in [-0.05, 0) is 71.8 Å². The maximum atomic E-state index is 12.5. The number of carbonyl (C=O) groups is 1. The third kappa shape index (κ3) is 5.22. The Bertz CT molecular complexity index is 1270. The van der Waals surface area contributed by atoms with Gasteiger partial charge in [0.25, 0.3) is 5.91 Å². The number of rotatable bonds is 6. The SMILES string of the molecule is CCc1ccc(-n2nc3cc(C)c(NC(=O)COc4ccc(C(C)(C)C)cc4)cc3n2)cc1. The summed E-state index contributed by atoms with van der Waals surface area (Å²) in [5.41, 5.74) is 6.58. The van der Waals surface area contributed by atoms with Gasteiger partial charge in [-0.3, -0.25) is 4.79 Å². The average Bonchev–Trinajstić information content (AvgIpc) is 3.20. The van der Waals surface area contributed by atoms with Crippen LogP contribution in [-0.4, -0.2) is 27.5 Å². The summed E-state index contributed by atoms with van der Waals surface area (Å²) in [4.78, 5) is 14.1. The first-order valence-corrected chi connectivity index (χ1v) is 11.2. The quantitative estimate of drug-likeness (QED) is 0.422. The molecule has 170 valence electrons. The lowest BCUT2D eigenvalue weighted by Crippen LogP contribution is -2.20. The van der Waals surface area contributed by atoms with Gasteiger partial charge in [-0.25, -0.2) is 0 Å². The van der Waals surface area contributed by atoms with E-state index in [4.69, 9.17) is 4.74 Å². The van der Waals surface area contributed by atoms with E-state index in [9.17, 15) is 4.79 Å². The minimum atomic E-state index is -0.222. The van der Waals surface area contributed by atoms with Crippen molar-refractivity contribution in [3.63, 3.8) is 0 Å². The highest BCUT2D eigenvalue weighted by Gasteiger charge is 2.14. The van der Waals surface area contributed by atoms with Gasteiger partial charge in [-0.1, -0.05) is 52.0 Å². The number of carbonyl (C=O) groups excluding carboxylic acids is 1. The molecule has 0 fully saturated rings. The van der Waals surface area contributed by atoms with E-state index in [1.54, 1.807) is 4.80 Å². The number of nitrogens with one attached hydrogen (secondary N) is 1. The molecule has 0 unspecified atom stereocenters. The van der Waals surface area contributed by atoms with Crippen molar-refractivity contribution in [2.24, 2.45) is 0 Å². The first-order chi connectivity index (χ1) is 15.7. The standard InChI is InChI=1S/C27H30N4O2/c1-6-19-7-11-21(12-8-19)31-29-24-15-18(2)23(16-25(24)30-31)28-26(32)17-33-22-13-9-20(10-14-22)27(3,4)5/h7-16H,6,17H2,1-5H3,(H,28,32). The summed E-state index contributed by atoms with van der Waals surface area (Å²) in [6.45, 7) is 10.5. The topological polar surface area (TPSA) is 69.0 Å². The minimum Gasteiger partial charge on any atom is -0.484 e. The number of aromatic nitrogens is 3. The van der Waals surface area contributed by atoms with E-state index in [0.717, 1.165) is 23.2 Å². The second kappa shape index (κ2) is 9.06. The fourth-order valence-corrected chi connectivity index (χ4v) is 3.57. The summed E-state index contributed by atoms with van der Waals surface area (Å²) in [6, 6.07) is 19.8. The molecule has 1 aromatic heterocycles. The molecular weight excluding hydrogens is 412 g/mol. The van der Waals surface area contributed by atoms with E-state index < -0.39 is 0 Å². The number of benzene rings is 3. The van der Waals surface area contributed by atoms with Crippen molar-refractivity contribution in [2.75, 3.05) is 11.9 Å². The summed E-state index contributed by atoms with van der Waals surface area (Å²) < 4.78 is 5.67. The molecule has 4 aromatic rings. The van der Waals surface area contributed by atoms with Gasteiger partial charge in [0.05, 0.1) is 5.69 Å². The molecule has 0 aliphatic carbocycles. The monoisotopic (exact) mass is 442 g/mol. The van der Waals surface area contributed by atoms with E-state index in [2.05, 4.69) is 55.3 Å². The first-order valence-electron chi connectivity index (χ1n) is 11.2. The fourth-order valence-electron chi connectivity index (χ4n) is 3.57. The Morgan fingerprint density at radius 1 is 0.970 bits per heavy atom. The molecule has 1 heterocycles. The number of hydrogen-bond acceptors (Lipinski definition) is 4. The average molecular weight is 443 g/mol. The van der Waals surface area contributed by atoms with Crippen LogP contribution in [0.5, 0.6) is 5.75 Å². The summed E-state index contributed by atoms with van der Waals surface area (Å²) >= 11 is 0. The fraction of sp³-hybridized carbons (Fsp3) is 0.296. The van der Waals surface area contributed by atoms with Crippen LogP contribution in [0.25, 0.3) is 16.7 Å². The van der Waals surface area contributed by atoms with Gasteiger partial charge in [-0.2, -0.15) is 4.80 Å². The zero-order valence-corrected chi connectivity index (χ0v) is 19.8. The Kier molecular flexibility index (Phi) is 6.18. The number of aryl methyl sites for hydroxylation is 2. The van der Waals surface area contributed by atoms with Crippen LogP contribution >= 0.6 is 0 Å². The normalized spacial score (nSPS) is 11.5. The molecule has 4 rings (SSSR count). The predicted molar refractivity (Wildman–Crippen MR) is 132 cm³/mol. The van der Waals surface area contributed by atoms with E-state index in [-0.39, 0.29) is 17.9 Å². The van der Waals surface area contributed by atoms with Crippen molar-refractivity contribution in [3.8, 4) is 11.4 Å². The number of ether oxygens (including phenoxy) is 1. The molecule has 1 N–H and O–H groups in total. The van der Waals surface area contributed by atoms with Gasteiger partial charge in [0.1, 0.15) is 16.8 Å². The maximum Gasteiger partial charge on any atom is 0.262 e. The van der Waals surface area contributed by atoms with Gasteiger partial charge < -0.3 is 10.1 Å². The van der Waals surface area contributed by atoms with Gasteiger partial charge in [0.2, 0.25) is 0 Å². The van der Waals surface area contributed by atoms with Crippen molar-refractivity contribution in [1.29, 1.82) is 0 Å².